The van der Waals surface area contributed by atoms with Crippen molar-refractivity contribution in [2.75, 3.05) is 11.9 Å². The van der Waals surface area contributed by atoms with Crippen molar-refractivity contribution in [3.63, 3.8) is 0 Å². The van der Waals surface area contributed by atoms with E-state index in [1.165, 1.54) is 6.07 Å². The Morgan fingerprint density at radius 2 is 2.14 bits per heavy atom. The largest absolute Gasteiger partial charge is 0.433 e. The Kier molecular flexibility index (Phi) is 4.41. The third kappa shape index (κ3) is 3.91. The molecular weight excluding hydrogens is 303 g/mol. The summed E-state index contributed by atoms with van der Waals surface area (Å²) in [5.74, 6) is 0.0180. The molecule has 0 radical (unpaired) electrons. The van der Waals surface area contributed by atoms with E-state index >= 15 is 0 Å². The average molecular weight is 315 g/mol. The van der Waals surface area contributed by atoms with Crippen LogP contribution < -0.4 is 11.1 Å². The van der Waals surface area contributed by atoms with Crippen LogP contribution in [0.2, 0.25) is 0 Å². The summed E-state index contributed by atoms with van der Waals surface area (Å²) in [6, 6.07) is 3.82. The van der Waals surface area contributed by atoms with Gasteiger partial charge in [-0.2, -0.15) is 18.3 Å². The summed E-state index contributed by atoms with van der Waals surface area (Å²) in [5.41, 5.74) is 4.77. The number of nitrogens with one attached hydrogen (secondary N) is 1. The second-order valence-corrected chi connectivity index (χ2v) is 4.59. The second-order valence-electron chi connectivity index (χ2n) is 4.15. The lowest BCUT2D eigenvalue weighted by Crippen LogP contribution is -2.19. The molecule has 0 bridgehead atoms. The van der Waals surface area contributed by atoms with E-state index in [1.807, 2.05) is 0 Å². The molecule has 0 unspecified atom stereocenters. The highest BCUT2D eigenvalue weighted by Crippen LogP contribution is 2.29. The van der Waals surface area contributed by atoms with Crippen LogP contribution in [0.1, 0.15) is 11.3 Å². The number of anilines is 1. The number of hydrogen-bond donors (Lipinski definition) is 2. The smallest absolute Gasteiger partial charge is 0.389 e. The molecule has 0 saturated carbocycles. The number of rotatable bonds is 5. The topological polar surface area (TPSA) is 68.8 Å². The van der Waals surface area contributed by atoms with Gasteiger partial charge in [0.2, 0.25) is 0 Å². The highest BCUT2D eigenvalue weighted by Gasteiger charge is 2.33. The van der Waals surface area contributed by atoms with Gasteiger partial charge in [0.05, 0.1) is 12.1 Å². The summed E-state index contributed by atoms with van der Waals surface area (Å²) in [6.07, 6.45) is -1.16. The van der Waals surface area contributed by atoms with Crippen molar-refractivity contribution in [2.45, 2.75) is 12.7 Å². The molecule has 9 heteroatoms. The van der Waals surface area contributed by atoms with Gasteiger partial charge in [0.1, 0.15) is 16.5 Å². The first-order valence-electron chi connectivity index (χ1n) is 5.97. The van der Waals surface area contributed by atoms with E-state index in [0.29, 0.717) is 13.1 Å². The van der Waals surface area contributed by atoms with E-state index in [2.05, 4.69) is 15.4 Å². The van der Waals surface area contributed by atoms with Gasteiger partial charge < -0.3 is 11.1 Å². The molecule has 5 nitrogen and oxygen atoms in total. The van der Waals surface area contributed by atoms with E-state index in [1.54, 1.807) is 23.1 Å². The minimum Gasteiger partial charge on any atom is -0.389 e. The van der Waals surface area contributed by atoms with Gasteiger partial charge in [0.25, 0.3) is 0 Å². The molecule has 0 aliphatic carbocycles. The molecule has 2 aromatic heterocycles. The fraction of sp³-hybridized carbons (Fsp3) is 0.250. The first-order valence-corrected chi connectivity index (χ1v) is 6.38. The third-order valence-electron chi connectivity index (χ3n) is 2.64. The monoisotopic (exact) mass is 315 g/mol. The van der Waals surface area contributed by atoms with Crippen molar-refractivity contribution >= 4 is 23.0 Å². The van der Waals surface area contributed by atoms with E-state index in [0.717, 1.165) is 6.07 Å². The summed E-state index contributed by atoms with van der Waals surface area (Å²) in [4.78, 5) is 3.53. The van der Waals surface area contributed by atoms with Gasteiger partial charge in [-0.3, -0.25) is 4.68 Å². The molecule has 112 valence electrons. The second kappa shape index (κ2) is 6.08. The van der Waals surface area contributed by atoms with Crippen LogP contribution in [0.3, 0.4) is 0 Å². The van der Waals surface area contributed by atoms with Crippen LogP contribution in [0.15, 0.2) is 30.6 Å². The third-order valence-corrected chi connectivity index (χ3v) is 2.86. The zero-order valence-electron chi connectivity index (χ0n) is 10.8. The number of nitrogens with zero attached hydrogens (tertiary/aromatic N) is 3. The predicted octanol–water partition coefficient (Wildman–Crippen LogP) is 2.04. The molecule has 0 aliphatic rings. The molecule has 0 spiro atoms. The van der Waals surface area contributed by atoms with Gasteiger partial charge in [-0.25, -0.2) is 4.98 Å². The number of halogens is 3. The number of thiocarbonyl (C=S) groups is 1. The predicted molar refractivity (Wildman–Crippen MR) is 75.8 cm³/mol. The summed E-state index contributed by atoms with van der Waals surface area (Å²) >= 11 is 4.82. The van der Waals surface area contributed by atoms with Crippen LogP contribution in [0.5, 0.6) is 0 Å². The fourth-order valence-electron chi connectivity index (χ4n) is 1.67. The van der Waals surface area contributed by atoms with Crippen LogP contribution in [-0.4, -0.2) is 26.3 Å². The van der Waals surface area contributed by atoms with Crippen LogP contribution in [-0.2, 0) is 12.7 Å². The minimum absolute atomic E-state index is 0.0159. The Labute approximate surface area is 124 Å². The van der Waals surface area contributed by atoms with Crippen molar-refractivity contribution < 1.29 is 13.2 Å². The molecule has 3 N–H and O–H groups in total. The summed E-state index contributed by atoms with van der Waals surface area (Å²) < 4.78 is 39.7. The van der Waals surface area contributed by atoms with Gasteiger partial charge in [-0.1, -0.05) is 12.2 Å². The molecule has 0 aromatic carbocycles. The van der Waals surface area contributed by atoms with E-state index in [4.69, 9.17) is 18.0 Å². The molecule has 2 aromatic rings. The Morgan fingerprint density at radius 3 is 2.71 bits per heavy atom. The Hall–Kier alpha value is -2.16. The van der Waals surface area contributed by atoms with Crippen molar-refractivity contribution in [2.24, 2.45) is 5.73 Å². The van der Waals surface area contributed by atoms with E-state index in [9.17, 15) is 13.2 Å². The standard InChI is InChI=1S/C12H12F3N5S/c13-12(14,15)9-3-2-8(10(16)21)11(19-9)17-5-7-20-6-1-4-18-20/h1-4,6H,5,7H2,(H2,16,21)(H,17,19). The van der Waals surface area contributed by atoms with E-state index < -0.39 is 11.9 Å². The molecule has 2 rings (SSSR count). The number of nitrogens with two attached hydrogens (primary N) is 1. The fourth-order valence-corrected chi connectivity index (χ4v) is 1.84. The molecular formula is C12H12F3N5S. The van der Waals surface area contributed by atoms with Gasteiger partial charge in [-0.05, 0) is 18.2 Å². The zero-order valence-corrected chi connectivity index (χ0v) is 11.6. The molecule has 0 fully saturated rings. The number of pyridine rings is 1. The van der Waals surface area contributed by atoms with Crippen molar-refractivity contribution in [1.29, 1.82) is 0 Å². The maximum absolute atomic E-state index is 12.7. The van der Waals surface area contributed by atoms with Gasteiger partial charge in [0.15, 0.2) is 0 Å². The molecule has 0 atom stereocenters. The minimum atomic E-state index is -4.52. The van der Waals surface area contributed by atoms with Crippen LogP contribution in [0.25, 0.3) is 0 Å². The van der Waals surface area contributed by atoms with Gasteiger partial charge >= 0.3 is 6.18 Å². The van der Waals surface area contributed by atoms with Crippen molar-refractivity contribution in [1.82, 2.24) is 14.8 Å². The van der Waals surface area contributed by atoms with Crippen molar-refractivity contribution in [3.05, 3.63) is 41.9 Å². The first kappa shape index (κ1) is 15.2. The normalized spacial score (nSPS) is 11.4. The highest BCUT2D eigenvalue weighted by atomic mass is 32.1. The van der Waals surface area contributed by atoms with Crippen LogP contribution in [0, 0.1) is 0 Å². The SMILES string of the molecule is NC(=S)c1ccc(C(F)(F)F)nc1NCCn1cccn1. The Morgan fingerprint density at radius 1 is 1.38 bits per heavy atom. The van der Waals surface area contributed by atoms with Crippen LogP contribution >= 0.6 is 12.2 Å². The number of hydrogen-bond acceptors (Lipinski definition) is 4. The summed E-state index contributed by atoms with van der Waals surface area (Å²) in [5, 5.41) is 6.79. The van der Waals surface area contributed by atoms with Crippen molar-refractivity contribution in [3.8, 4) is 0 Å². The summed E-state index contributed by atoms with van der Waals surface area (Å²) in [6.45, 7) is 0.813. The van der Waals surface area contributed by atoms with Gasteiger partial charge in [-0.15, -0.1) is 0 Å². The zero-order chi connectivity index (χ0) is 15.5. The lowest BCUT2D eigenvalue weighted by atomic mass is 10.2. The molecule has 0 saturated heterocycles. The summed E-state index contributed by atoms with van der Waals surface area (Å²) in [7, 11) is 0. The Bertz CT molecular complexity index is 624. The lowest BCUT2D eigenvalue weighted by Gasteiger charge is -2.13. The average Bonchev–Trinajstić information content (AvgIpc) is 2.90. The molecule has 21 heavy (non-hydrogen) atoms. The number of alkyl halides is 3. The highest BCUT2D eigenvalue weighted by molar-refractivity contribution is 7.80. The quantitative estimate of drug-likeness (QED) is 0.827. The van der Waals surface area contributed by atoms with E-state index in [-0.39, 0.29) is 16.4 Å². The molecule has 2 heterocycles. The maximum Gasteiger partial charge on any atom is 0.433 e. The molecule has 0 amide bonds. The maximum atomic E-state index is 12.7. The lowest BCUT2D eigenvalue weighted by molar-refractivity contribution is -0.141. The Balaban J connectivity index is 2.16. The van der Waals surface area contributed by atoms with Gasteiger partial charge in [0, 0.05) is 18.9 Å². The number of aromatic nitrogens is 3. The first-order chi connectivity index (χ1) is 9.88. The van der Waals surface area contributed by atoms with Crippen LogP contribution in [0.4, 0.5) is 19.0 Å². The molecule has 0 aliphatic heterocycles.